The first-order valence-electron chi connectivity index (χ1n) is 9.49. The summed E-state index contributed by atoms with van der Waals surface area (Å²) in [6.07, 6.45) is 18.0. The topological polar surface area (TPSA) is 3.24 Å². The van der Waals surface area contributed by atoms with Crippen LogP contribution in [0.25, 0.3) is 5.57 Å². The first kappa shape index (κ1) is 17.8. The van der Waals surface area contributed by atoms with Gasteiger partial charge in [-0.3, -0.25) is 0 Å². The maximum absolute atomic E-state index is 6.06. The molecule has 1 aliphatic rings. The third-order valence-corrected chi connectivity index (χ3v) is 4.71. The average Bonchev–Trinajstić information content (AvgIpc) is 2.58. The van der Waals surface area contributed by atoms with Crippen LogP contribution in [0, 0.1) is 6.58 Å². The van der Waals surface area contributed by atoms with E-state index in [1.165, 1.54) is 75.5 Å². The summed E-state index contributed by atoms with van der Waals surface area (Å²) < 4.78 is 0. The molecule has 1 aromatic rings. The summed E-state index contributed by atoms with van der Waals surface area (Å²) in [4.78, 5) is 2.34. The van der Waals surface area contributed by atoms with Gasteiger partial charge in [-0.1, -0.05) is 89.5 Å². The quantitative estimate of drug-likeness (QED) is 0.408. The lowest BCUT2D eigenvalue weighted by Gasteiger charge is -2.27. The van der Waals surface area contributed by atoms with Crippen LogP contribution in [0.3, 0.4) is 0 Å². The van der Waals surface area contributed by atoms with E-state index >= 15 is 0 Å². The molecule has 2 rings (SSSR count). The SMILES string of the molecule is [CH]=C1C=CN(CCCCCCCCCCCC)c2ccccc21. The fraction of sp³-hybridized carbons (Fsp3) is 0.545. The van der Waals surface area contributed by atoms with Gasteiger partial charge in [-0.25, -0.2) is 0 Å². The van der Waals surface area contributed by atoms with Gasteiger partial charge in [-0.15, -0.1) is 0 Å². The number of hydrogen-bond donors (Lipinski definition) is 0. The number of rotatable bonds is 11. The van der Waals surface area contributed by atoms with Gasteiger partial charge < -0.3 is 4.90 Å². The Morgan fingerprint density at radius 1 is 0.826 bits per heavy atom. The summed E-state index contributed by atoms with van der Waals surface area (Å²) in [6.45, 7) is 9.44. The molecule has 0 saturated heterocycles. The highest BCUT2D eigenvalue weighted by Gasteiger charge is 2.13. The van der Waals surface area contributed by atoms with Crippen molar-refractivity contribution in [2.45, 2.75) is 71.1 Å². The van der Waals surface area contributed by atoms with Gasteiger partial charge in [0.25, 0.3) is 0 Å². The Morgan fingerprint density at radius 3 is 2.13 bits per heavy atom. The molecule has 1 aromatic carbocycles. The predicted octanol–water partition coefficient (Wildman–Crippen LogP) is 6.76. The molecule has 0 aliphatic carbocycles. The number of nitrogens with zero attached hydrogens (tertiary/aromatic N) is 1. The van der Waals surface area contributed by atoms with Crippen molar-refractivity contribution in [2.75, 3.05) is 11.4 Å². The number of para-hydroxylation sites is 1. The molecule has 1 nitrogen and oxygen atoms in total. The Kier molecular flexibility index (Phi) is 8.00. The highest BCUT2D eigenvalue weighted by atomic mass is 15.1. The molecule has 23 heavy (non-hydrogen) atoms. The predicted molar refractivity (Wildman–Crippen MR) is 102 cm³/mol. The van der Waals surface area contributed by atoms with Crippen LogP contribution >= 0.6 is 0 Å². The van der Waals surface area contributed by atoms with Crippen LogP contribution in [0.5, 0.6) is 0 Å². The molecule has 0 amide bonds. The Hall–Kier alpha value is -1.50. The number of anilines is 1. The summed E-state index contributed by atoms with van der Waals surface area (Å²) in [5, 5.41) is 0. The zero-order chi connectivity index (χ0) is 16.3. The molecule has 0 fully saturated rings. The molecule has 0 atom stereocenters. The van der Waals surface area contributed by atoms with Crippen LogP contribution in [0.4, 0.5) is 5.69 Å². The lowest BCUT2D eigenvalue weighted by Crippen LogP contribution is -2.20. The molecule has 0 unspecified atom stereocenters. The summed E-state index contributed by atoms with van der Waals surface area (Å²) in [5.41, 5.74) is 3.30. The summed E-state index contributed by atoms with van der Waals surface area (Å²) in [6, 6.07) is 8.43. The van der Waals surface area contributed by atoms with E-state index in [0.717, 1.165) is 12.1 Å². The lowest BCUT2D eigenvalue weighted by atomic mass is 10.0. The van der Waals surface area contributed by atoms with Gasteiger partial charge in [0.05, 0.1) is 0 Å². The monoisotopic (exact) mass is 310 g/mol. The van der Waals surface area contributed by atoms with Gasteiger partial charge in [-0.2, -0.15) is 0 Å². The molecule has 1 radical (unpaired) electrons. The van der Waals surface area contributed by atoms with Gasteiger partial charge in [0.2, 0.25) is 0 Å². The molecular formula is C22H32N. The maximum atomic E-state index is 6.06. The minimum absolute atomic E-state index is 0.875. The second-order valence-corrected chi connectivity index (χ2v) is 6.66. The van der Waals surface area contributed by atoms with Gasteiger partial charge >= 0.3 is 0 Å². The summed E-state index contributed by atoms with van der Waals surface area (Å²) in [5.74, 6) is 0. The molecule has 0 spiro atoms. The number of allylic oxidation sites excluding steroid dienone is 2. The van der Waals surface area contributed by atoms with Crippen molar-refractivity contribution in [3.05, 3.63) is 48.7 Å². The Bertz CT molecular complexity index is 500. The third kappa shape index (κ3) is 5.89. The second kappa shape index (κ2) is 10.3. The molecule has 1 heterocycles. The Balaban J connectivity index is 1.58. The van der Waals surface area contributed by atoms with E-state index in [-0.39, 0.29) is 0 Å². The zero-order valence-corrected chi connectivity index (χ0v) is 14.8. The fourth-order valence-electron chi connectivity index (χ4n) is 3.27. The molecular weight excluding hydrogens is 278 g/mol. The van der Waals surface area contributed by atoms with Crippen LogP contribution in [-0.2, 0) is 0 Å². The number of unbranched alkanes of at least 4 members (excludes halogenated alkanes) is 9. The number of hydrogen-bond acceptors (Lipinski definition) is 1. The van der Waals surface area contributed by atoms with E-state index in [1.807, 2.05) is 6.08 Å². The lowest BCUT2D eigenvalue weighted by molar-refractivity contribution is 0.557. The molecule has 0 N–H and O–H groups in total. The van der Waals surface area contributed by atoms with Crippen molar-refractivity contribution in [3.8, 4) is 0 Å². The van der Waals surface area contributed by atoms with Crippen molar-refractivity contribution in [2.24, 2.45) is 0 Å². The first-order valence-corrected chi connectivity index (χ1v) is 9.49. The standard InChI is InChI=1S/C22H32N/c1-3-4-5-6-7-8-9-10-11-14-18-23-19-17-20(2)21-15-12-13-16-22(21)23/h2,12-13,15-17,19H,3-11,14,18H2,1H3. The zero-order valence-electron chi connectivity index (χ0n) is 14.8. The third-order valence-electron chi connectivity index (χ3n) is 4.71. The first-order chi connectivity index (χ1) is 11.3. The number of fused-ring (bicyclic) bond motifs is 1. The largest absolute Gasteiger partial charge is 0.347 e. The van der Waals surface area contributed by atoms with E-state index in [9.17, 15) is 0 Å². The maximum Gasteiger partial charge on any atom is 0.0485 e. The molecule has 1 heteroatoms. The van der Waals surface area contributed by atoms with Gasteiger partial charge in [0.1, 0.15) is 0 Å². The van der Waals surface area contributed by atoms with Crippen molar-refractivity contribution in [1.29, 1.82) is 0 Å². The summed E-state index contributed by atoms with van der Waals surface area (Å²) in [7, 11) is 0. The van der Waals surface area contributed by atoms with E-state index in [2.05, 4.69) is 42.3 Å². The average molecular weight is 311 g/mol. The van der Waals surface area contributed by atoms with Gasteiger partial charge in [0.15, 0.2) is 0 Å². The Morgan fingerprint density at radius 2 is 1.43 bits per heavy atom. The van der Waals surface area contributed by atoms with Crippen LogP contribution in [-0.4, -0.2) is 6.54 Å². The normalized spacial score (nSPS) is 13.4. The van der Waals surface area contributed by atoms with Crippen molar-refractivity contribution in [1.82, 2.24) is 0 Å². The van der Waals surface area contributed by atoms with Crippen LogP contribution in [0.2, 0.25) is 0 Å². The second-order valence-electron chi connectivity index (χ2n) is 6.66. The van der Waals surface area contributed by atoms with Crippen LogP contribution < -0.4 is 4.90 Å². The smallest absolute Gasteiger partial charge is 0.0485 e. The minimum atomic E-state index is 0.875. The van der Waals surface area contributed by atoms with Crippen molar-refractivity contribution < 1.29 is 0 Å². The van der Waals surface area contributed by atoms with Crippen LogP contribution in [0.1, 0.15) is 76.7 Å². The van der Waals surface area contributed by atoms with E-state index in [0.29, 0.717) is 0 Å². The van der Waals surface area contributed by atoms with Crippen LogP contribution in [0.15, 0.2) is 36.5 Å². The molecule has 0 bridgehead atoms. The van der Waals surface area contributed by atoms with E-state index in [1.54, 1.807) is 0 Å². The molecule has 1 aliphatic heterocycles. The molecule has 0 saturated carbocycles. The van der Waals surface area contributed by atoms with E-state index < -0.39 is 0 Å². The van der Waals surface area contributed by atoms with Gasteiger partial charge in [0, 0.05) is 24.0 Å². The van der Waals surface area contributed by atoms with Crippen molar-refractivity contribution >= 4 is 11.3 Å². The summed E-state index contributed by atoms with van der Waals surface area (Å²) >= 11 is 0. The highest BCUT2D eigenvalue weighted by Crippen LogP contribution is 2.31. The Labute approximate surface area is 143 Å². The van der Waals surface area contributed by atoms with E-state index in [4.69, 9.17) is 6.58 Å². The molecule has 0 aromatic heterocycles. The fourth-order valence-corrected chi connectivity index (χ4v) is 3.27. The molecule has 125 valence electrons. The number of benzene rings is 1. The van der Waals surface area contributed by atoms with Crippen molar-refractivity contribution in [3.63, 3.8) is 0 Å². The minimum Gasteiger partial charge on any atom is -0.347 e. The van der Waals surface area contributed by atoms with Gasteiger partial charge in [-0.05, 0) is 24.1 Å². The highest BCUT2D eigenvalue weighted by molar-refractivity contribution is 5.84.